The maximum absolute atomic E-state index is 13.3. The lowest BCUT2D eigenvalue weighted by Gasteiger charge is -2.04. The zero-order chi connectivity index (χ0) is 10.8. The average molecular weight is 211 g/mol. The second-order valence-electron chi connectivity index (χ2n) is 3.30. The molecule has 0 aliphatic rings. The van der Waals surface area contributed by atoms with Crippen molar-refractivity contribution in [2.24, 2.45) is 0 Å². The van der Waals surface area contributed by atoms with Crippen LogP contribution in [-0.2, 0) is 11.3 Å². The van der Waals surface area contributed by atoms with Gasteiger partial charge in [-0.25, -0.2) is 8.78 Å². The van der Waals surface area contributed by atoms with Crippen molar-refractivity contribution >= 4 is 10.9 Å². The van der Waals surface area contributed by atoms with Crippen molar-refractivity contribution in [2.75, 3.05) is 13.7 Å². The fraction of sp³-hybridized carbons (Fsp3) is 0.273. The minimum Gasteiger partial charge on any atom is -0.383 e. The summed E-state index contributed by atoms with van der Waals surface area (Å²) in [6.07, 6.45) is 1.73. The quantitative estimate of drug-likeness (QED) is 0.761. The summed E-state index contributed by atoms with van der Waals surface area (Å²) < 4.78 is 33.0. The van der Waals surface area contributed by atoms with Crippen molar-refractivity contribution in [3.63, 3.8) is 0 Å². The lowest BCUT2D eigenvalue weighted by atomic mass is 10.2. The zero-order valence-corrected chi connectivity index (χ0v) is 8.34. The third-order valence-electron chi connectivity index (χ3n) is 2.38. The molecule has 2 nitrogen and oxygen atoms in total. The lowest BCUT2D eigenvalue weighted by molar-refractivity contribution is 0.188. The molecule has 2 aromatic rings. The maximum Gasteiger partial charge on any atom is 0.168 e. The minimum atomic E-state index is -0.813. The molecule has 0 aliphatic heterocycles. The summed E-state index contributed by atoms with van der Waals surface area (Å²) in [5.74, 6) is -1.60. The highest BCUT2D eigenvalue weighted by Crippen LogP contribution is 2.21. The largest absolute Gasteiger partial charge is 0.383 e. The van der Waals surface area contributed by atoms with Crippen molar-refractivity contribution in [1.29, 1.82) is 0 Å². The first kappa shape index (κ1) is 10.1. The van der Waals surface area contributed by atoms with Crippen LogP contribution in [0, 0.1) is 11.6 Å². The maximum atomic E-state index is 13.3. The molecule has 0 amide bonds. The van der Waals surface area contributed by atoms with Gasteiger partial charge in [-0.2, -0.15) is 0 Å². The molecule has 15 heavy (non-hydrogen) atoms. The van der Waals surface area contributed by atoms with Crippen LogP contribution >= 0.6 is 0 Å². The Labute approximate surface area is 86.1 Å². The van der Waals surface area contributed by atoms with E-state index in [2.05, 4.69) is 0 Å². The van der Waals surface area contributed by atoms with Crippen molar-refractivity contribution in [1.82, 2.24) is 4.57 Å². The molecule has 0 aliphatic carbocycles. The van der Waals surface area contributed by atoms with Crippen molar-refractivity contribution in [3.05, 3.63) is 36.0 Å². The Hall–Kier alpha value is -1.42. The molecule has 0 N–H and O–H groups in total. The Bertz CT molecular complexity index is 479. The molecule has 0 atom stereocenters. The number of nitrogens with zero attached hydrogens (tertiary/aromatic N) is 1. The fourth-order valence-corrected chi connectivity index (χ4v) is 1.59. The topological polar surface area (TPSA) is 14.2 Å². The number of benzene rings is 1. The van der Waals surface area contributed by atoms with Gasteiger partial charge in [-0.05, 0) is 18.2 Å². The molecule has 0 fully saturated rings. The third-order valence-corrected chi connectivity index (χ3v) is 2.38. The number of halogens is 2. The molecule has 1 aromatic carbocycles. The normalized spacial score (nSPS) is 11.1. The van der Waals surface area contributed by atoms with Gasteiger partial charge in [0.15, 0.2) is 11.6 Å². The van der Waals surface area contributed by atoms with E-state index in [1.807, 2.05) is 4.57 Å². The molecule has 0 saturated carbocycles. The van der Waals surface area contributed by atoms with Crippen molar-refractivity contribution in [3.8, 4) is 0 Å². The van der Waals surface area contributed by atoms with Crippen LogP contribution in [0.1, 0.15) is 0 Å². The van der Waals surface area contributed by atoms with E-state index in [4.69, 9.17) is 4.74 Å². The van der Waals surface area contributed by atoms with Crippen LogP contribution in [0.15, 0.2) is 24.4 Å². The Balaban J connectivity index is 2.47. The van der Waals surface area contributed by atoms with Crippen LogP contribution in [0.3, 0.4) is 0 Å². The van der Waals surface area contributed by atoms with Gasteiger partial charge in [0.05, 0.1) is 12.1 Å². The molecule has 0 unspecified atom stereocenters. The summed E-state index contributed by atoms with van der Waals surface area (Å²) >= 11 is 0. The van der Waals surface area contributed by atoms with Gasteiger partial charge in [-0.1, -0.05) is 0 Å². The van der Waals surface area contributed by atoms with Gasteiger partial charge in [0.1, 0.15) is 0 Å². The second kappa shape index (κ2) is 3.98. The molecular formula is C11H11F2NO. The van der Waals surface area contributed by atoms with E-state index >= 15 is 0 Å². The van der Waals surface area contributed by atoms with E-state index in [-0.39, 0.29) is 0 Å². The van der Waals surface area contributed by atoms with E-state index in [1.54, 1.807) is 25.4 Å². The summed E-state index contributed by atoms with van der Waals surface area (Å²) in [5.41, 5.74) is 0.686. The van der Waals surface area contributed by atoms with E-state index in [0.29, 0.717) is 24.1 Å². The predicted molar refractivity (Wildman–Crippen MR) is 53.7 cm³/mol. The third kappa shape index (κ3) is 1.72. The Morgan fingerprint density at radius 2 is 2.07 bits per heavy atom. The number of ether oxygens (including phenoxy) is 1. The first-order valence-corrected chi connectivity index (χ1v) is 4.66. The van der Waals surface area contributed by atoms with Gasteiger partial charge >= 0.3 is 0 Å². The number of aromatic nitrogens is 1. The van der Waals surface area contributed by atoms with Gasteiger partial charge in [-0.15, -0.1) is 0 Å². The van der Waals surface area contributed by atoms with Crippen LogP contribution in [0.2, 0.25) is 0 Å². The van der Waals surface area contributed by atoms with Gasteiger partial charge in [0, 0.05) is 25.2 Å². The molecule has 1 heterocycles. The molecule has 0 bridgehead atoms. The number of fused-ring (bicyclic) bond motifs is 1. The number of rotatable bonds is 3. The summed E-state index contributed by atoms with van der Waals surface area (Å²) in [7, 11) is 1.60. The van der Waals surface area contributed by atoms with Crippen LogP contribution in [0.25, 0.3) is 10.9 Å². The predicted octanol–water partition coefficient (Wildman–Crippen LogP) is 2.57. The summed E-state index contributed by atoms with van der Waals surface area (Å²) in [6.45, 7) is 1.17. The smallest absolute Gasteiger partial charge is 0.168 e. The first-order chi connectivity index (χ1) is 7.24. The molecule has 80 valence electrons. The standard InChI is InChI=1S/C11H11F2NO/c1-15-7-6-14-5-4-8-10(14)3-2-9(12)11(8)13/h2-5H,6-7H2,1H3. The second-order valence-corrected chi connectivity index (χ2v) is 3.30. The first-order valence-electron chi connectivity index (χ1n) is 4.66. The van der Waals surface area contributed by atoms with Gasteiger partial charge in [0.2, 0.25) is 0 Å². The highest BCUT2D eigenvalue weighted by molar-refractivity contribution is 5.80. The van der Waals surface area contributed by atoms with Crippen LogP contribution in [-0.4, -0.2) is 18.3 Å². The highest BCUT2D eigenvalue weighted by Gasteiger charge is 2.09. The van der Waals surface area contributed by atoms with E-state index in [9.17, 15) is 8.78 Å². The molecule has 1 aromatic heterocycles. The molecule has 0 radical (unpaired) electrons. The number of methoxy groups -OCH3 is 1. The average Bonchev–Trinajstić information content (AvgIpc) is 2.64. The van der Waals surface area contributed by atoms with Gasteiger partial charge in [-0.3, -0.25) is 0 Å². The Kier molecular flexibility index (Phi) is 2.68. The van der Waals surface area contributed by atoms with Crippen LogP contribution in [0.4, 0.5) is 8.78 Å². The zero-order valence-electron chi connectivity index (χ0n) is 8.34. The number of hydrogen-bond acceptors (Lipinski definition) is 1. The molecule has 0 saturated heterocycles. The van der Waals surface area contributed by atoms with Gasteiger partial charge < -0.3 is 9.30 Å². The molecule has 2 rings (SSSR count). The Morgan fingerprint density at radius 3 is 2.80 bits per heavy atom. The monoisotopic (exact) mass is 211 g/mol. The Morgan fingerprint density at radius 1 is 1.27 bits per heavy atom. The summed E-state index contributed by atoms with van der Waals surface area (Å²) in [5, 5.41) is 0.311. The van der Waals surface area contributed by atoms with Gasteiger partial charge in [0.25, 0.3) is 0 Å². The minimum absolute atomic E-state index is 0.311. The molecular weight excluding hydrogens is 200 g/mol. The van der Waals surface area contributed by atoms with Crippen LogP contribution in [0.5, 0.6) is 0 Å². The fourth-order valence-electron chi connectivity index (χ4n) is 1.59. The van der Waals surface area contributed by atoms with Crippen molar-refractivity contribution in [2.45, 2.75) is 6.54 Å². The van der Waals surface area contributed by atoms with E-state index in [1.165, 1.54) is 0 Å². The molecule has 4 heteroatoms. The van der Waals surface area contributed by atoms with Crippen molar-refractivity contribution < 1.29 is 13.5 Å². The summed E-state index contributed by atoms with van der Waals surface area (Å²) in [6, 6.07) is 4.29. The summed E-state index contributed by atoms with van der Waals surface area (Å²) in [4.78, 5) is 0. The van der Waals surface area contributed by atoms with Crippen LogP contribution < -0.4 is 0 Å². The highest BCUT2D eigenvalue weighted by atomic mass is 19.2. The van der Waals surface area contributed by atoms with E-state index in [0.717, 1.165) is 6.07 Å². The molecule has 0 spiro atoms. The lowest BCUT2D eigenvalue weighted by Crippen LogP contribution is -2.02. The van der Waals surface area contributed by atoms with E-state index < -0.39 is 11.6 Å². The SMILES string of the molecule is COCCn1ccc2c(F)c(F)ccc21. The number of hydrogen-bond donors (Lipinski definition) is 0.